The third kappa shape index (κ3) is 2.81. The quantitative estimate of drug-likeness (QED) is 0.851. The number of hydrogen-bond acceptors (Lipinski definition) is 4. The third-order valence-electron chi connectivity index (χ3n) is 4.63. The van der Waals surface area contributed by atoms with E-state index in [2.05, 4.69) is 0 Å². The number of ether oxygens (including phenoxy) is 1. The average Bonchev–Trinajstić information content (AvgIpc) is 2.82. The van der Waals surface area contributed by atoms with Crippen LogP contribution in [0.3, 0.4) is 0 Å². The molecule has 1 aliphatic rings. The van der Waals surface area contributed by atoms with Gasteiger partial charge in [-0.3, -0.25) is 9.59 Å². The molecule has 0 saturated carbocycles. The summed E-state index contributed by atoms with van der Waals surface area (Å²) in [6.07, 6.45) is -0.287. The summed E-state index contributed by atoms with van der Waals surface area (Å²) in [7, 11) is 1.55. The molecule has 1 amide bonds. The lowest BCUT2D eigenvalue weighted by Crippen LogP contribution is -2.41. The number of benzene rings is 2. The zero-order valence-electron chi connectivity index (χ0n) is 14.6. The Balaban J connectivity index is 1.96. The molecular weight excluding hydrogens is 318 g/mol. The largest absolute Gasteiger partial charge is 0.497 e. The van der Waals surface area contributed by atoms with Gasteiger partial charge in [0, 0.05) is 17.7 Å². The van der Waals surface area contributed by atoms with Gasteiger partial charge in [0.05, 0.1) is 19.2 Å². The molecule has 1 aliphatic heterocycles. The third-order valence-corrected chi connectivity index (χ3v) is 4.63. The molecule has 0 radical (unpaired) electrons. The number of aliphatic hydroxyl groups is 1. The monoisotopic (exact) mass is 339 g/mol. The van der Waals surface area contributed by atoms with E-state index in [1.807, 2.05) is 26.0 Å². The van der Waals surface area contributed by atoms with Gasteiger partial charge < -0.3 is 14.7 Å². The van der Waals surface area contributed by atoms with Crippen molar-refractivity contribution in [1.82, 2.24) is 0 Å². The molecule has 2 aromatic carbocycles. The lowest BCUT2D eigenvalue weighted by Gasteiger charge is -2.22. The number of fused-ring (bicyclic) bond motifs is 1. The maximum absolute atomic E-state index is 12.8. The number of carbonyl (C=O) groups excluding carboxylic acids is 2. The van der Waals surface area contributed by atoms with Crippen molar-refractivity contribution in [2.45, 2.75) is 25.9 Å². The number of Topliss-reactive ketones (excluding diaryl/α,β-unsaturated/α-hetero) is 1. The predicted molar refractivity (Wildman–Crippen MR) is 95.0 cm³/mol. The summed E-state index contributed by atoms with van der Waals surface area (Å²) in [5, 5.41) is 11.1. The SMILES string of the molecule is CCN1C(=O)[C@](O)(CC(=O)c2ccc(OC)cc2)c2cc(C)ccc21. The summed E-state index contributed by atoms with van der Waals surface area (Å²) >= 11 is 0. The van der Waals surface area contributed by atoms with Crippen molar-refractivity contribution < 1.29 is 19.4 Å². The van der Waals surface area contributed by atoms with Gasteiger partial charge in [0.25, 0.3) is 5.91 Å². The molecule has 0 bridgehead atoms. The minimum absolute atomic E-state index is 0.287. The van der Waals surface area contributed by atoms with Gasteiger partial charge in [-0.1, -0.05) is 17.7 Å². The van der Waals surface area contributed by atoms with Gasteiger partial charge in [0.15, 0.2) is 11.4 Å². The zero-order valence-corrected chi connectivity index (χ0v) is 14.6. The second kappa shape index (κ2) is 6.33. The minimum atomic E-state index is -1.83. The van der Waals surface area contributed by atoms with Gasteiger partial charge in [-0.25, -0.2) is 0 Å². The molecule has 25 heavy (non-hydrogen) atoms. The van der Waals surface area contributed by atoms with E-state index in [0.29, 0.717) is 29.1 Å². The highest BCUT2D eigenvalue weighted by Crippen LogP contribution is 2.43. The van der Waals surface area contributed by atoms with Crippen LogP contribution in [0.4, 0.5) is 5.69 Å². The van der Waals surface area contributed by atoms with Gasteiger partial charge in [-0.2, -0.15) is 0 Å². The van der Waals surface area contributed by atoms with Crippen molar-refractivity contribution in [2.75, 3.05) is 18.6 Å². The zero-order chi connectivity index (χ0) is 18.2. The molecular formula is C20H21NO4. The fourth-order valence-corrected chi connectivity index (χ4v) is 3.26. The molecule has 5 heteroatoms. The fourth-order valence-electron chi connectivity index (χ4n) is 3.26. The number of methoxy groups -OCH3 is 1. The fraction of sp³-hybridized carbons (Fsp3) is 0.300. The van der Waals surface area contributed by atoms with Crippen LogP contribution in [-0.4, -0.2) is 30.5 Å². The van der Waals surface area contributed by atoms with Crippen molar-refractivity contribution in [1.29, 1.82) is 0 Å². The topological polar surface area (TPSA) is 66.8 Å². The summed E-state index contributed by atoms with van der Waals surface area (Å²) in [6.45, 7) is 4.18. The van der Waals surface area contributed by atoms with Crippen LogP contribution in [0, 0.1) is 6.92 Å². The molecule has 0 spiro atoms. The molecule has 0 fully saturated rings. The van der Waals surface area contributed by atoms with Gasteiger partial charge in [0.2, 0.25) is 0 Å². The number of likely N-dealkylation sites (N-methyl/N-ethyl adjacent to an activating group) is 1. The van der Waals surface area contributed by atoms with Crippen LogP contribution in [0.25, 0.3) is 0 Å². The van der Waals surface area contributed by atoms with E-state index in [9.17, 15) is 14.7 Å². The molecule has 1 N–H and O–H groups in total. The standard InChI is InChI=1S/C20H21NO4/c1-4-21-17-10-5-13(2)11-16(17)20(24,19(21)23)12-18(22)14-6-8-15(25-3)9-7-14/h5-11,24H,4,12H2,1-3H3/t20-/m0/s1. The molecule has 3 rings (SSSR count). The van der Waals surface area contributed by atoms with Crippen LogP contribution < -0.4 is 9.64 Å². The molecule has 0 unspecified atom stereocenters. The van der Waals surface area contributed by atoms with Crippen LogP contribution in [0.5, 0.6) is 5.75 Å². The van der Waals surface area contributed by atoms with E-state index in [0.717, 1.165) is 5.56 Å². The number of carbonyl (C=O) groups is 2. The Morgan fingerprint density at radius 3 is 2.48 bits per heavy atom. The highest BCUT2D eigenvalue weighted by Gasteiger charge is 2.50. The van der Waals surface area contributed by atoms with Gasteiger partial charge in [0.1, 0.15) is 5.75 Å². The second-order valence-corrected chi connectivity index (χ2v) is 6.26. The van der Waals surface area contributed by atoms with Crippen molar-refractivity contribution in [2.24, 2.45) is 0 Å². The molecule has 0 aliphatic carbocycles. The number of anilines is 1. The van der Waals surface area contributed by atoms with Crippen LogP contribution in [0.1, 0.15) is 34.8 Å². The van der Waals surface area contributed by atoms with Crippen molar-refractivity contribution >= 4 is 17.4 Å². The molecule has 0 aromatic heterocycles. The van der Waals surface area contributed by atoms with Gasteiger partial charge in [-0.15, -0.1) is 0 Å². The normalized spacial score (nSPS) is 19.0. The summed E-state index contributed by atoms with van der Waals surface area (Å²) in [5.41, 5.74) is 0.712. The maximum atomic E-state index is 12.8. The first-order chi connectivity index (χ1) is 11.9. The molecule has 130 valence electrons. The first kappa shape index (κ1) is 17.2. The number of amides is 1. The Bertz CT molecular complexity index is 828. The molecule has 2 aromatic rings. The summed E-state index contributed by atoms with van der Waals surface area (Å²) in [6, 6.07) is 12.1. The van der Waals surface area contributed by atoms with E-state index in [-0.39, 0.29) is 12.2 Å². The van der Waals surface area contributed by atoms with Gasteiger partial charge in [-0.05, 0) is 44.2 Å². The average molecular weight is 339 g/mol. The predicted octanol–water partition coefficient (Wildman–Crippen LogP) is 2.83. The van der Waals surface area contributed by atoms with Crippen LogP contribution in [-0.2, 0) is 10.4 Å². The van der Waals surface area contributed by atoms with Crippen molar-refractivity contribution in [3.8, 4) is 5.75 Å². The van der Waals surface area contributed by atoms with E-state index in [1.54, 1.807) is 37.4 Å². The lowest BCUT2D eigenvalue weighted by atomic mass is 9.87. The molecule has 5 nitrogen and oxygen atoms in total. The molecule has 1 atom stereocenters. The Labute approximate surface area is 146 Å². The Kier molecular flexibility index (Phi) is 4.35. The first-order valence-electron chi connectivity index (χ1n) is 8.23. The van der Waals surface area contributed by atoms with E-state index < -0.39 is 11.5 Å². The van der Waals surface area contributed by atoms with Gasteiger partial charge >= 0.3 is 0 Å². The summed E-state index contributed by atoms with van der Waals surface area (Å²) in [5.74, 6) is -0.0910. The van der Waals surface area contributed by atoms with Crippen LogP contribution in [0.15, 0.2) is 42.5 Å². The second-order valence-electron chi connectivity index (χ2n) is 6.26. The molecule has 1 heterocycles. The number of rotatable bonds is 5. The smallest absolute Gasteiger partial charge is 0.264 e. The van der Waals surface area contributed by atoms with Crippen LogP contribution in [0.2, 0.25) is 0 Å². The van der Waals surface area contributed by atoms with Crippen molar-refractivity contribution in [3.63, 3.8) is 0 Å². The Hall–Kier alpha value is -2.66. The maximum Gasteiger partial charge on any atom is 0.264 e. The number of ketones is 1. The van der Waals surface area contributed by atoms with E-state index in [1.165, 1.54) is 4.90 Å². The highest BCUT2D eigenvalue weighted by atomic mass is 16.5. The van der Waals surface area contributed by atoms with Crippen LogP contribution >= 0.6 is 0 Å². The lowest BCUT2D eigenvalue weighted by molar-refractivity contribution is -0.135. The van der Waals surface area contributed by atoms with Crippen molar-refractivity contribution in [3.05, 3.63) is 59.2 Å². The van der Waals surface area contributed by atoms with E-state index in [4.69, 9.17) is 4.74 Å². The summed E-state index contributed by atoms with van der Waals surface area (Å²) in [4.78, 5) is 27.0. The Morgan fingerprint density at radius 2 is 1.88 bits per heavy atom. The Morgan fingerprint density at radius 1 is 1.20 bits per heavy atom. The number of aryl methyl sites for hydroxylation is 1. The first-order valence-corrected chi connectivity index (χ1v) is 8.23. The minimum Gasteiger partial charge on any atom is -0.497 e. The number of nitrogens with zero attached hydrogens (tertiary/aromatic N) is 1. The summed E-state index contributed by atoms with van der Waals surface area (Å²) < 4.78 is 5.09. The highest BCUT2D eigenvalue weighted by molar-refractivity contribution is 6.10. The van der Waals surface area contributed by atoms with E-state index >= 15 is 0 Å². The number of hydrogen-bond donors (Lipinski definition) is 1. The molecule has 0 saturated heterocycles.